The van der Waals surface area contributed by atoms with E-state index >= 15 is 0 Å². The standard InChI is InChI=1S/C19H15N5O6S/c1-31(28,29)30-14-5-3-10(7-13(14)27)16-15(9-2-4-11(25)12(26)6-9)23-17-18(20)21-8-22-19(17)24-16/h2-8,25-27H,1H3,(H2,20,21,22,24). The van der Waals surface area contributed by atoms with E-state index < -0.39 is 15.9 Å². The lowest BCUT2D eigenvalue weighted by Gasteiger charge is -2.12. The van der Waals surface area contributed by atoms with E-state index in [1.165, 1.54) is 42.7 Å². The van der Waals surface area contributed by atoms with E-state index in [-0.39, 0.29) is 45.6 Å². The molecule has 0 saturated heterocycles. The second-order valence-corrected chi connectivity index (χ2v) is 8.10. The number of hydrogen-bond acceptors (Lipinski definition) is 11. The summed E-state index contributed by atoms with van der Waals surface area (Å²) in [5, 5.41) is 29.8. The van der Waals surface area contributed by atoms with Gasteiger partial charge in [-0.15, -0.1) is 0 Å². The van der Waals surface area contributed by atoms with Gasteiger partial charge in [0.25, 0.3) is 0 Å². The number of nitrogens with two attached hydrogens (primary N) is 1. The van der Waals surface area contributed by atoms with E-state index in [1.54, 1.807) is 0 Å². The quantitative estimate of drug-likeness (QED) is 0.267. The molecule has 5 N–H and O–H groups in total. The third-order valence-corrected chi connectivity index (χ3v) is 4.70. The van der Waals surface area contributed by atoms with E-state index in [2.05, 4.69) is 19.9 Å². The molecule has 0 aliphatic carbocycles. The molecule has 2 heterocycles. The molecule has 31 heavy (non-hydrogen) atoms. The zero-order valence-electron chi connectivity index (χ0n) is 15.9. The molecule has 0 aliphatic rings. The third kappa shape index (κ3) is 3.96. The number of anilines is 1. The molecule has 0 radical (unpaired) electrons. The average molecular weight is 441 g/mol. The Labute approximate surface area is 175 Å². The van der Waals surface area contributed by atoms with Crippen LogP contribution in [0.1, 0.15) is 0 Å². The van der Waals surface area contributed by atoms with Crippen molar-refractivity contribution in [2.45, 2.75) is 0 Å². The molecule has 11 nitrogen and oxygen atoms in total. The third-order valence-electron chi connectivity index (χ3n) is 4.22. The highest BCUT2D eigenvalue weighted by molar-refractivity contribution is 7.86. The van der Waals surface area contributed by atoms with Crippen molar-refractivity contribution in [2.75, 3.05) is 12.0 Å². The number of phenolic OH excluding ortho intramolecular Hbond substituents is 3. The second-order valence-electron chi connectivity index (χ2n) is 6.53. The van der Waals surface area contributed by atoms with Gasteiger partial charge in [0, 0.05) is 11.1 Å². The van der Waals surface area contributed by atoms with Gasteiger partial charge >= 0.3 is 10.1 Å². The van der Waals surface area contributed by atoms with Gasteiger partial charge in [-0.3, -0.25) is 0 Å². The summed E-state index contributed by atoms with van der Waals surface area (Å²) in [5.41, 5.74) is 7.53. The van der Waals surface area contributed by atoms with Crippen LogP contribution < -0.4 is 9.92 Å². The fourth-order valence-corrected chi connectivity index (χ4v) is 3.33. The van der Waals surface area contributed by atoms with Crippen LogP contribution in [0.2, 0.25) is 0 Å². The molecule has 4 rings (SSSR count). The number of nitrogens with zero attached hydrogens (tertiary/aromatic N) is 4. The highest BCUT2D eigenvalue weighted by Crippen LogP contribution is 2.38. The first-order chi connectivity index (χ1) is 14.6. The lowest BCUT2D eigenvalue weighted by Crippen LogP contribution is -2.06. The molecule has 2 aromatic heterocycles. The summed E-state index contributed by atoms with van der Waals surface area (Å²) in [6, 6.07) is 8.08. The van der Waals surface area contributed by atoms with Crippen molar-refractivity contribution in [3.63, 3.8) is 0 Å². The van der Waals surface area contributed by atoms with Crippen LogP contribution in [0, 0.1) is 0 Å². The van der Waals surface area contributed by atoms with Crippen LogP contribution in [-0.2, 0) is 10.1 Å². The van der Waals surface area contributed by atoms with Crippen LogP contribution in [0.5, 0.6) is 23.0 Å². The van der Waals surface area contributed by atoms with Crippen molar-refractivity contribution in [1.82, 2.24) is 19.9 Å². The molecule has 0 saturated carbocycles. The Balaban J connectivity index is 1.96. The zero-order valence-corrected chi connectivity index (χ0v) is 16.7. The first-order valence-electron chi connectivity index (χ1n) is 8.66. The number of benzene rings is 2. The van der Waals surface area contributed by atoms with Gasteiger partial charge in [0.2, 0.25) is 0 Å². The molecular formula is C19H15N5O6S. The molecule has 0 spiro atoms. The van der Waals surface area contributed by atoms with Gasteiger partial charge in [-0.1, -0.05) is 0 Å². The molecule has 0 fully saturated rings. The molecule has 158 valence electrons. The van der Waals surface area contributed by atoms with Gasteiger partial charge in [0.15, 0.2) is 40.0 Å². The topological polar surface area (TPSA) is 182 Å². The SMILES string of the molecule is CS(=O)(=O)Oc1ccc(-c2nc3ncnc(N)c3nc2-c2ccc(O)c(O)c2)cc1O. The fourth-order valence-electron chi connectivity index (χ4n) is 2.87. The van der Waals surface area contributed by atoms with Crippen molar-refractivity contribution in [3.05, 3.63) is 42.7 Å². The summed E-state index contributed by atoms with van der Waals surface area (Å²) < 4.78 is 27.5. The highest BCUT2D eigenvalue weighted by atomic mass is 32.2. The Morgan fingerprint density at radius 1 is 0.871 bits per heavy atom. The Morgan fingerprint density at radius 2 is 1.52 bits per heavy atom. The molecule has 4 aromatic rings. The number of hydrogen-bond donors (Lipinski definition) is 4. The summed E-state index contributed by atoms with van der Waals surface area (Å²) in [4.78, 5) is 16.9. The smallest absolute Gasteiger partial charge is 0.306 e. The number of fused-ring (bicyclic) bond motifs is 1. The van der Waals surface area contributed by atoms with E-state index in [1.807, 2.05) is 0 Å². The molecule has 2 aromatic carbocycles. The Morgan fingerprint density at radius 3 is 2.16 bits per heavy atom. The summed E-state index contributed by atoms with van der Waals surface area (Å²) in [5.74, 6) is -1.29. The van der Waals surface area contributed by atoms with Crippen LogP contribution in [0.15, 0.2) is 42.7 Å². The van der Waals surface area contributed by atoms with Crippen LogP contribution in [0.25, 0.3) is 33.7 Å². The Hall–Kier alpha value is -4.19. The summed E-state index contributed by atoms with van der Waals surface area (Å²) in [6.07, 6.45) is 2.08. The number of nitrogen functional groups attached to an aromatic ring is 1. The van der Waals surface area contributed by atoms with Gasteiger partial charge in [0.05, 0.1) is 17.6 Å². The minimum absolute atomic E-state index is 0.0908. The number of rotatable bonds is 4. The maximum Gasteiger partial charge on any atom is 0.306 e. The Bertz CT molecular complexity index is 1440. The summed E-state index contributed by atoms with van der Waals surface area (Å²) in [6.45, 7) is 0. The molecule has 0 bridgehead atoms. The number of aromatic nitrogens is 4. The number of aromatic hydroxyl groups is 3. The largest absolute Gasteiger partial charge is 0.504 e. The van der Waals surface area contributed by atoms with Gasteiger partial charge in [0.1, 0.15) is 6.33 Å². The second kappa shape index (κ2) is 7.25. The molecule has 0 aliphatic heterocycles. The van der Waals surface area contributed by atoms with Crippen LogP contribution in [0.3, 0.4) is 0 Å². The van der Waals surface area contributed by atoms with Gasteiger partial charge < -0.3 is 25.2 Å². The monoisotopic (exact) mass is 441 g/mol. The summed E-state index contributed by atoms with van der Waals surface area (Å²) >= 11 is 0. The first-order valence-corrected chi connectivity index (χ1v) is 10.5. The normalized spacial score (nSPS) is 11.5. The highest BCUT2D eigenvalue weighted by Gasteiger charge is 2.19. The van der Waals surface area contributed by atoms with Crippen LogP contribution in [-0.4, -0.2) is 49.9 Å². The molecule has 12 heteroatoms. The number of phenols is 3. The average Bonchev–Trinajstić information content (AvgIpc) is 2.70. The van der Waals surface area contributed by atoms with E-state index in [0.29, 0.717) is 11.1 Å². The molecule has 0 amide bonds. The summed E-state index contributed by atoms with van der Waals surface area (Å²) in [7, 11) is -3.84. The predicted octanol–water partition coefficient (Wildman–Crippen LogP) is 1.79. The predicted molar refractivity (Wildman–Crippen MR) is 111 cm³/mol. The van der Waals surface area contributed by atoms with Gasteiger partial charge in [-0.05, 0) is 36.4 Å². The van der Waals surface area contributed by atoms with Gasteiger partial charge in [-0.25, -0.2) is 19.9 Å². The lowest BCUT2D eigenvalue weighted by molar-refractivity contribution is 0.404. The van der Waals surface area contributed by atoms with Crippen LogP contribution >= 0.6 is 0 Å². The zero-order chi connectivity index (χ0) is 22.3. The van der Waals surface area contributed by atoms with E-state index in [9.17, 15) is 23.7 Å². The van der Waals surface area contributed by atoms with Crippen molar-refractivity contribution in [3.8, 4) is 45.5 Å². The minimum atomic E-state index is -3.84. The van der Waals surface area contributed by atoms with Crippen molar-refractivity contribution < 1.29 is 27.9 Å². The van der Waals surface area contributed by atoms with E-state index in [4.69, 9.17) is 9.92 Å². The van der Waals surface area contributed by atoms with Gasteiger partial charge in [-0.2, -0.15) is 8.42 Å². The van der Waals surface area contributed by atoms with Crippen molar-refractivity contribution >= 4 is 27.1 Å². The Kier molecular flexibility index (Phi) is 4.70. The lowest BCUT2D eigenvalue weighted by atomic mass is 10.0. The van der Waals surface area contributed by atoms with Crippen LogP contribution in [0.4, 0.5) is 5.82 Å². The van der Waals surface area contributed by atoms with E-state index in [0.717, 1.165) is 6.26 Å². The molecular weight excluding hydrogens is 426 g/mol. The molecule has 0 atom stereocenters. The fraction of sp³-hybridized carbons (Fsp3) is 0.0526. The molecule has 0 unspecified atom stereocenters. The van der Waals surface area contributed by atoms with Crippen molar-refractivity contribution in [2.24, 2.45) is 0 Å². The maximum absolute atomic E-state index is 11.4. The minimum Gasteiger partial charge on any atom is -0.504 e. The van der Waals surface area contributed by atoms with Crippen molar-refractivity contribution in [1.29, 1.82) is 0 Å². The first kappa shape index (κ1) is 20.1. The maximum atomic E-state index is 11.4.